The number of hydrogen-bond donors (Lipinski definition) is 1. The molecule has 1 aromatic carbocycles. The fourth-order valence-electron chi connectivity index (χ4n) is 3.16. The second kappa shape index (κ2) is 8.40. The normalized spacial score (nSPS) is 16.0. The third-order valence-corrected chi connectivity index (χ3v) is 4.25. The van der Waals surface area contributed by atoms with Crippen molar-refractivity contribution in [1.82, 2.24) is 4.90 Å². The lowest BCUT2D eigenvalue weighted by molar-refractivity contribution is 0.145. The monoisotopic (exact) mass is 290 g/mol. The van der Waals surface area contributed by atoms with Crippen molar-refractivity contribution in [2.75, 3.05) is 19.7 Å². The molecule has 0 radical (unpaired) electrons. The Morgan fingerprint density at radius 1 is 1.19 bits per heavy atom. The third-order valence-electron chi connectivity index (χ3n) is 4.25. The molecule has 2 rings (SSSR count). The first-order valence-electron chi connectivity index (χ1n) is 8.35. The van der Waals surface area contributed by atoms with Crippen LogP contribution in [0.2, 0.25) is 0 Å². The Morgan fingerprint density at radius 3 is 2.43 bits per heavy atom. The summed E-state index contributed by atoms with van der Waals surface area (Å²) in [7, 11) is 0. The highest BCUT2D eigenvalue weighted by Gasteiger charge is 2.22. The molecule has 1 aliphatic carbocycles. The first-order valence-corrected chi connectivity index (χ1v) is 8.35. The minimum absolute atomic E-state index is 0.587. The molecule has 0 aromatic heterocycles. The summed E-state index contributed by atoms with van der Waals surface area (Å²) in [6, 6.07) is 8.89. The topological polar surface area (TPSA) is 38.5 Å². The Labute approximate surface area is 129 Å². The fourth-order valence-corrected chi connectivity index (χ4v) is 3.16. The van der Waals surface area contributed by atoms with E-state index in [1.54, 1.807) is 0 Å². The molecule has 0 aliphatic heterocycles. The van der Waals surface area contributed by atoms with E-state index in [1.165, 1.54) is 32.2 Å². The van der Waals surface area contributed by atoms with Gasteiger partial charge in [0.05, 0.1) is 0 Å². The van der Waals surface area contributed by atoms with E-state index in [0.717, 1.165) is 36.4 Å². The molecular formula is C18H30N2O. The second-order valence-corrected chi connectivity index (χ2v) is 6.52. The summed E-state index contributed by atoms with van der Waals surface area (Å²) < 4.78 is 5.89. The molecule has 0 saturated heterocycles. The van der Waals surface area contributed by atoms with E-state index in [1.807, 2.05) is 24.3 Å². The van der Waals surface area contributed by atoms with Crippen molar-refractivity contribution < 1.29 is 4.74 Å². The largest absolute Gasteiger partial charge is 0.492 e. The van der Waals surface area contributed by atoms with Gasteiger partial charge in [-0.05, 0) is 36.5 Å². The van der Waals surface area contributed by atoms with Crippen LogP contribution in [-0.4, -0.2) is 30.6 Å². The standard InChI is InChI=1S/C18H30N2O/c1-15(2)14-20(17-5-3-4-6-17)11-12-21-18-9-7-16(13-19)8-10-18/h7-10,15,17H,3-6,11-14,19H2,1-2H3. The van der Waals surface area contributed by atoms with Crippen LogP contribution in [0.5, 0.6) is 5.75 Å². The highest BCUT2D eigenvalue weighted by Crippen LogP contribution is 2.24. The van der Waals surface area contributed by atoms with Gasteiger partial charge in [0.2, 0.25) is 0 Å². The number of ether oxygens (including phenoxy) is 1. The van der Waals surface area contributed by atoms with Crippen LogP contribution in [0, 0.1) is 5.92 Å². The molecule has 0 amide bonds. The van der Waals surface area contributed by atoms with Gasteiger partial charge in [0.25, 0.3) is 0 Å². The van der Waals surface area contributed by atoms with Crippen molar-refractivity contribution in [2.45, 2.75) is 52.1 Å². The molecule has 0 atom stereocenters. The van der Waals surface area contributed by atoms with Crippen molar-refractivity contribution in [3.05, 3.63) is 29.8 Å². The SMILES string of the molecule is CC(C)CN(CCOc1ccc(CN)cc1)C1CCCC1. The zero-order valence-corrected chi connectivity index (χ0v) is 13.6. The Bertz CT molecular complexity index is 396. The fraction of sp³-hybridized carbons (Fsp3) is 0.667. The van der Waals surface area contributed by atoms with E-state index in [2.05, 4.69) is 18.7 Å². The maximum atomic E-state index is 5.89. The predicted octanol–water partition coefficient (Wildman–Crippen LogP) is 3.42. The summed E-state index contributed by atoms with van der Waals surface area (Å²) in [4.78, 5) is 2.63. The summed E-state index contributed by atoms with van der Waals surface area (Å²) in [5.41, 5.74) is 6.76. The molecule has 0 bridgehead atoms. The van der Waals surface area contributed by atoms with E-state index in [9.17, 15) is 0 Å². The molecule has 2 N–H and O–H groups in total. The predicted molar refractivity (Wildman–Crippen MR) is 88.5 cm³/mol. The van der Waals surface area contributed by atoms with Gasteiger partial charge in [-0.3, -0.25) is 4.90 Å². The van der Waals surface area contributed by atoms with Crippen LogP contribution in [-0.2, 0) is 6.54 Å². The van der Waals surface area contributed by atoms with E-state index in [0.29, 0.717) is 6.54 Å². The molecule has 1 saturated carbocycles. The van der Waals surface area contributed by atoms with E-state index in [4.69, 9.17) is 10.5 Å². The number of hydrogen-bond acceptors (Lipinski definition) is 3. The van der Waals surface area contributed by atoms with Gasteiger partial charge in [0, 0.05) is 25.7 Å². The van der Waals surface area contributed by atoms with Crippen LogP contribution in [0.3, 0.4) is 0 Å². The molecular weight excluding hydrogens is 260 g/mol. The van der Waals surface area contributed by atoms with Crippen LogP contribution in [0.1, 0.15) is 45.1 Å². The zero-order chi connectivity index (χ0) is 15.1. The van der Waals surface area contributed by atoms with E-state index < -0.39 is 0 Å². The minimum Gasteiger partial charge on any atom is -0.492 e. The molecule has 1 aliphatic rings. The maximum absolute atomic E-state index is 5.89. The molecule has 0 unspecified atom stereocenters. The first kappa shape index (κ1) is 16.3. The first-order chi connectivity index (χ1) is 10.2. The highest BCUT2D eigenvalue weighted by atomic mass is 16.5. The van der Waals surface area contributed by atoms with Gasteiger partial charge in [-0.1, -0.05) is 38.8 Å². The van der Waals surface area contributed by atoms with Crippen LogP contribution in [0.15, 0.2) is 24.3 Å². The van der Waals surface area contributed by atoms with E-state index >= 15 is 0 Å². The molecule has 21 heavy (non-hydrogen) atoms. The molecule has 0 heterocycles. The molecule has 3 nitrogen and oxygen atoms in total. The lowest BCUT2D eigenvalue weighted by Crippen LogP contribution is -2.39. The number of rotatable bonds is 8. The summed E-state index contributed by atoms with van der Waals surface area (Å²) >= 11 is 0. The highest BCUT2D eigenvalue weighted by molar-refractivity contribution is 5.27. The maximum Gasteiger partial charge on any atom is 0.119 e. The Hall–Kier alpha value is -1.06. The molecule has 1 aromatic rings. The average Bonchev–Trinajstić information content (AvgIpc) is 3.00. The van der Waals surface area contributed by atoms with Gasteiger partial charge in [0.15, 0.2) is 0 Å². The zero-order valence-electron chi connectivity index (χ0n) is 13.6. The van der Waals surface area contributed by atoms with Gasteiger partial charge >= 0.3 is 0 Å². The summed E-state index contributed by atoms with van der Waals surface area (Å²) in [5, 5.41) is 0. The molecule has 1 fully saturated rings. The summed E-state index contributed by atoms with van der Waals surface area (Å²) in [5.74, 6) is 1.66. The minimum atomic E-state index is 0.587. The number of nitrogens with zero attached hydrogens (tertiary/aromatic N) is 1. The van der Waals surface area contributed by atoms with Crippen LogP contribution in [0.25, 0.3) is 0 Å². The van der Waals surface area contributed by atoms with Crippen molar-refractivity contribution in [3.8, 4) is 5.75 Å². The lowest BCUT2D eigenvalue weighted by Gasteiger charge is -2.30. The van der Waals surface area contributed by atoms with Gasteiger partial charge in [-0.25, -0.2) is 0 Å². The van der Waals surface area contributed by atoms with Crippen LogP contribution >= 0.6 is 0 Å². The van der Waals surface area contributed by atoms with Gasteiger partial charge in [-0.2, -0.15) is 0 Å². The molecule has 118 valence electrons. The van der Waals surface area contributed by atoms with Gasteiger partial charge < -0.3 is 10.5 Å². The van der Waals surface area contributed by atoms with Gasteiger partial charge in [0.1, 0.15) is 12.4 Å². The lowest BCUT2D eigenvalue weighted by atomic mass is 10.1. The average molecular weight is 290 g/mol. The molecule has 3 heteroatoms. The second-order valence-electron chi connectivity index (χ2n) is 6.52. The van der Waals surface area contributed by atoms with Gasteiger partial charge in [-0.15, -0.1) is 0 Å². The van der Waals surface area contributed by atoms with Crippen molar-refractivity contribution >= 4 is 0 Å². The molecule has 0 spiro atoms. The summed E-state index contributed by atoms with van der Waals surface area (Å²) in [6.07, 6.45) is 5.50. The summed E-state index contributed by atoms with van der Waals surface area (Å²) in [6.45, 7) is 8.17. The Kier molecular flexibility index (Phi) is 6.52. The Balaban J connectivity index is 1.80. The quantitative estimate of drug-likeness (QED) is 0.797. The number of nitrogens with two attached hydrogens (primary N) is 1. The van der Waals surface area contributed by atoms with Crippen molar-refractivity contribution in [3.63, 3.8) is 0 Å². The van der Waals surface area contributed by atoms with Crippen molar-refractivity contribution in [1.29, 1.82) is 0 Å². The van der Waals surface area contributed by atoms with E-state index in [-0.39, 0.29) is 0 Å². The Morgan fingerprint density at radius 2 is 1.86 bits per heavy atom. The third kappa shape index (κ3) is 5.33. The van der Waals surface area contributed by atoms with Crippen LogP contribution in [0.4, 0.5) is 0 Å². The van der Waals surface area contributed by atoms with Crippen molar-refractivity contribution in [2.24, 2.45) is 11.7 Å². The number of benzene rings is 1. The smallest absolute Gasteiger partial charge is 0.119 e. The van der Waals surface area contributed by atoms with Crippen LogP contribution < -0.4 is 10.5 Å².